The highest BCUT2D eigenvalue weighted by Crippen LogP contribution is 2.32. The van der Waals surface area contributed by atoms with E-state index in [-0.39, 0.29) is 17.3 Å². The number of benzene rings is 1. The molecule has 0 radical (unpaired) electrons. The molecule has 0 aliphatic carbocycles. The van der Waals surface area contributed by atoms with Crippen LogP contribution in [-0.4, -0.2) is 63.1 Å². The fraction of sp³-hybridized carbons (Fsp3) is 0.389. The summed E-state index contributed by atoms with van der Waals surface area (Å²) in [5.74, 6) is -2.08. The quantitative estimate of drug-likeness (QED) is 0.533. The molecule has 0 saturated carbocycles. The summed E-state index contributed by atoms with van der Waals surface area (Å²) in [7, 11) is 2.33. The molecule has 152 valence electrons. The number of carbonyl (C=O) groups is 3. The number of nitrogens with zero attached hydrogens (tertiary/aromatic N) is 2. The molecule has 1 heterocycles. The third-order valence-electron chi connectivity index (χ3n) is 4.24. The normalized spacial score (nSPS) is 14.5. The fourth-order valence-electron chi connectivity index (χ4n) is 2.71. The van der Waals surface area contributed by atoms with Crippen LogP contribution in [0.4, 0.5) is 15.8 Å². The van der Waals surface area contributed by atoms with Crippen LogP contribution in [0.3, 0.4) is 0 Å². The Morgan fingerprint density at radius 3 is 2.32 bits per heavy atom. The molecule has 0 bridgehead atoms. The molecule has 10 heteroatoms. The van der Waals surface area contributed by atoms with Crippen LogP contribution in [-0.2, 0) is 23.9 Å². The minimum atomic E-state index is -0.804. The first-order chi connectivity index (χ1) is 13.3. The van der Waals surface area contributed by atoms with Crippen molar-refractivity contribution < 1.29 is 28.2 Å². The summed E-state index contributed by atoms with van der Waals surface area (Å²) in [5.41, 5.74) is 0.415. The van der Waals surface area contributed by atoms with Crippen LogP contribution in [0.15, 0.2) is 28.4 Å². The van der Waals surface area contributed by atoms with E-state index in [1.807, 2.05) is 4.90 Å². The number of amides is 1. The second-order valence-corrected chi connectivity index (χ2v) is 6.83. The molecule has 0 aromatic heterocycles. The summed E-state index contributed by atoms with van der Waals surface area (Å²) in [6, 6.07) is 2.79. The molecule has 0 unspecified atom stereocenters. The van der Waals surface area contributed by atoms with Gasteiger partial charge in [-0.3, -0.25) is 4.79 Å². The molecule has 1 fully saturated rings. The SMILES string of the molecule is COC(=O)/C=C(/Nc1cc(F)c(N2CCN(C(C)=O)CC2)cc1Br)C(=O)OC. The number of nitrogens with one attached hydrogen (secondary N) is 1. The molecule has 1 aromatic rings. The number of esters is 2. The minimum absolute atomic E-state index is 0.00594. The topological polar surface area (TPSA) is 88.2 Å². The third-order valence-corrected chi connectivity index (χ3v) is 4.90. The van der Waals surface area contributed by atoms with Crippen molar-refractivity contribution in [2.24, 2.45) is 0 Å². The lowest BCUT2D eigenvalue weighted by molar-refractivity contribution is -0.138. The van der Waals surface area contributed by atoms with Gasteiger partial charge in [0, 0.05) is 43.6 Å². The Morgan fingerprint density at radius 1 is 1.14 bits per heavy atom. The Morgan fingerprint density at radius 2 is 1.79 bits per heavy atom. The molecule has 0 spiro atoms. The number of methoxy groups -OCH3 is 2. The van der Waals surface area contributed by atoms with Gasteiger partial charge in [-0.05, 0) is 22.0 Å². The first-order valence-corrected chi connectivity index (χ1v) is 9.20. The number of halogens is 2. The summed E-state index contributed by atoms with van der Waals surface area (Å²) >= 11 is 3.35. The molecule has 0 atom stereocenters. The van der Waals surface area contributed by atoms with Gasteiger partial charge in [-0.1, -0.05) is 0 Å². The first-order valence-electron chi connectivity index (χ1n) is 8.41. The highest BCUT2D eigenvalue weighted by Gasteiger charge is 2.22. The van der Waals surface area contributed by atoms with E-state index in [1.165, 1.54) is 20.1 Å². The smallest absolute Gasteiger partial charge is 0.354 e. The predicted molar refractivity (Wildman–Crippen MR) is 104 cm³/mol. The van der Waals surface area contributed by atoms with Crippen LogP contribution in [0.1, 0.15) is 6.92 Å². The Balaban J connectivity index is 2.23. The zero-order valence-corrected chi connectivity index (χ0v) is 17.3. The van der Waals surface area contributed by atoms with Crippen LogP contribution in [0.5, 0.6) is 0 Å². The molecule has 1 aromatic carbocycles. The van der Waals surface area contributed by atoms with Gasteiger partial charge >= 0.3 is 11.9 Å². The first kappa shape index (κ1) is 21.7. The number of anilines is 2. The number of piperazine rings is 1. The van der Waals surface area contributed by atoms with E-state index >= 15 is 0 Å². The second kappa shape index (κ2) is 9.54. The van der Waals surface area contributed by atoms with Crippen LogP contribution in [0.25, 0.3) is 0 Å². The second-order valence-electron chi connectivity index (χ2n) is 5.97. The number of rotatable bonds is 5. The van der Waals surface area contributed by atoms with E-state index in [2.05, 4.69) is 30.7 Å². The standard InChI is InChI=1S/C18H21BrFN3O5/c1-11(24)22-4-6-23(7-5-22)16-8-12(19)14(9-13(16)20)21-15(18(26)28-3)10-17(25)27-2/h8-10,21H,4-7H2,1-3H3/b15-10+. The molecule has 1 saturated heterocycles. The van der Waals surface area contributed by atoms with E-state index < -0.39 is 17.8 Å². The van der Waals surface area contributed by atoms with Gasteiger partial charge in [0.05, 0.1) is 31.7 Å². The zero-order chi connectivity index (χ0) is 20.8. The molecule has 28 heavy (non-hydrogen) atoms. The van der Waals surface area contributed by atoms with Gasteiger partial charge in [0.2, 0.25) is 5.91 Å². The Kier molecular flexibility index (Phi) is 7.38. The van der Waals surface area contributed by atoms with Crippen molar-refractivity contribution in [1.82, 2.24) is 4.90 Å². The van der Waals surface area contributed by atoms with Crippen molar-refractivity contribution in [2.45, 2.75) is 6.92 Å². The van der Waals surface area contributed by atoms with E-state index in [0.717, 1.165) is 13.2 Å². The van der Waals surface area contributed by atoms with Gasteiger partial charge in [0.15, 0.2) is 0 Å². The van der Waals surface area contributed by atoms with Crippen LogP contribution in [0.2, 0.25) is 0 Å². The fourth-order valence-corrected chi connectivity index (χ4v) is 3.14. The lowest BCUT2D eigenvalue weighted by Crippen LogP contribution is -2.48. The predicted octanol–water partition coefficient (Wildman–Crippen LogP) is 1.90. The summed E-state index contributed by atoms with van der Waals surface area (Å²) in [5, 5.41) is 2.68. The lowest BCUT2D eigenvalue weighted by atomic mass is 10.2. The average Bonchev–Trinajstić information content (AvgIpc) is 2.69. The number of ether oxygens (including phenoxy) is 2. The summed E-state index contributed by atoms with van der Waals surface area (Å²) in [4.78, 5) is 38.3. The van der Waals surface area contributed by atoms with Gasteiger partial charge in [-0.15, -0.1) is 0 Å². The van der Waals surface area contributed by atoms with Crippen molar-refractivity contribution in [2.75, 3.05) is 50.6 Å². The molecule has 2 rings (SSSR count). The van der Waals surface area contributed by atoms with Gasteiger partial charge < -0.3 is 24.6 Å². The van der Waals surface area contributed by atoms with Crippen LogP contribution in [0, 0.1) is 5.82 Å². The maximum absolute atomic E-state index is 14.7. The molecule has 1 aliphatic heterocycles. The Bertz CT molecular complexity index is 807. The summed E-state index contributed by atoms with van der Waals surface area (Å²) in [6.07, 6.45) is 0.922. The Labute approximate surface area is 170 Å². The summed E-state index contributed by atoms with van der Waals surface area (Å²) in [6.45, 7) is 3.55. The highest BCUT2D eigenvalue weighted by molar-refractivity contribution is 9.10. The van der Waals surface area contributed by atoms with Crippen molar-refractivity contribution in [3.8, 4) is 0 Å². The van der Waals surface area contributed by atoms with Crippen LogP contribution >= 0.6 is 15.9 Å². The van der Waals surface area contributed by atoms with E-state index in [0.29, 0.717) is 36.3 Å². The van der Waals surface area contributed by atoms with E-state index in [9.17, 15) is 18.8 Å². The van der Waals surface area contributed by atoms with Crippen molar-refractivity contribution >= 4 is 45.2 Å². The maximum Gasteiger partial charge on any atom is 0.354 e. The van der Waals surface area contributed by atoms with Gasteiger partial charge in [-0.25, -0.2) is 14.0 Å². The van der Waals surface area contributed by atoms with Crippen LogP contribution < -0.4 is 10.2 Å². The maximum atomic E-state index is 14.7. The minimum Gasteiger partial charge on any atom is -0.466 e. The molecule has 8 nitrogen and oxygen atoms in total. The Hall–Kier alpha value is -2.62. The highest BCUT2D eigenvalue weighted by atomic mass is 79.9. The number of carbonyl (C=O) groups excluding carboxylic acids is 3. The lowest BCUT2D eigenvalue weighted by Gasteiger charge is -2.36. The van der Waals surface area contributed by atoms with Crippen molar-refractivity contribution in [1.29, 1.82) is 0 Å². The number of hydrogen-bond donors (Lipinski definition) is 1. The summed E-state index contributed by atoms with van der Waals surface area (Å²) < 4.78 is 24.3. The molecular formula is C18H21BrFN3O5. The monoisotopic (exact) mass is 457 g/mol. The zero-order valence-electron chi connectivity index (χ0n) is 15.8. The van der Waals surface area contributed by atoms with E-state index in [4.69, 9.17) is 0 Å². The van der Waals surface area contributed by atoms with E-state index in [1.54, 1.807) is 11.0 Å². The van der Waals surface area contributed by atoms with Crippen molar-refractivity contribution in [3.63, 3.8) is 0 Å². The van der Waals surface area contributed by atoms with Gasteiger partial charge in [0.1, 0.15) is 11.5 Å². The van der Waals surface area contributed by atoms with Gasteiger partial charge in [0.25, 0.3) is 0 Å². The number of hydrogen-bond acceptors (Lipinski definition) is 7. The molecular weight excluding hydrogens is 437 g/mol. The largest absolute Gasteiger partial charge is 0.466 e. The average molecular weight is 458 g/mol. The van der Waals surface area contributed by atoms with Gasteiger partial charge in [-0.2, -0.15) is 0 Å². The third kappa shape index (κ3) is 5.22. The molecule has 1 amide bonds. The molecule has 1 N–H and O–H groups in total. The molecule has 1 aliphatic rings. The van der Waals surface area contributed by atoms with Crippen molar-refractivity contribution in [3.05, 3.63) is 34.2 Å².